The lowest BCUT2D eigenvalue weighted by Gasteiger charge is -2.21. The van der Waals surface area contributed by atoms with Crippen LogP contribution in [0.3, 0.4) is 0 Å². The molecule has 0 spiro atoms. The smallest absolute Gasteiger partial charge is 0.275 e. The van der Waals surface area contributed by atoms with Gasteiger partial charge in [0.25, 0.3) is 5.91 Å². The van der Waals surface area contributed by atoms with Crippen molar-refractivity contribution in [2.45, 2.75) is 65.8 Å². The van der Waals surface area contributed by atoms with Crippen molar-refractivity contribution in [1.82, 2.24) is 14.7 Å². The second-order valence-electron chi connectivity index (χ2n) is 9.15. The maximum Gasteiger partial charge on any atom is 0.279 e. The van der Waals surface area contributed by atoms with Crippen LogP contribution in [0, 0.1) is 0 Å². The molecule has 146 valence electrons. The summed E-state index contributed by atoms with van der Waals surface area (Å²) in [5.74, 6) is -0.605. The van der Waals surface area contributed by atoms with Gasteiger partial charge < -0.3 is 0 Å². The van der Waals surface area contributed by atoms with Crippen LogP contribution in [0.25, 0.3) is 0 Å². The van der Waals surface area contributed by atoms with Crippen LogP contribution in [0.15, 0.2) is 30.3 Å². The summed E-state index contributed by atoms with van der Waals surface area (Å²) in [6, 6.07) is 9.85. The average molecular weight is 370 g/mol. The van der Waals surface area contributed by atoms with Gasteiger partial charge in [0, 0.05) is 19.4 Å². The number of amides is 2. The van der Waals surface area contributed by atoms with E-state index in [1.165, 1.54) is 17.4 Å². The molecule has 2 aromatic rings. The van der Waals surface area contributed by atoms with Gasteiger partial charge in [-0.3, -0.25) is 19.2 Å². The molecule has 0 aliphatic rings. The van der Waals surface area contributed by atoms with Gasteiger partial charge in [-0.1, -0.05) is 65.8 Å². The van der Waals surface area contributed by atoms with Crippen molar-refractivity contribution in [1.29, 1.82) is 0 Å². The number of aryl methyl sites for hydroxylation is 1. The summed E-state index contributed by atoms with van der Waals surface area (Å²) >= 11 is 0. The Morgan fingerprint density at radius 1 is 1.00 bits per heavy atom. The lowest BCUT2D eigenvalue weighted by molar-refractivity contribution is -0.126. The molecule has 0 radical (unpaired) electrons. The van der Waals surface area contributed by atoms with Gasteiger partial charge in [0.05, 0.1) is 12.2 Å². The predicted molar refractivity (Wildman–Crippen MR) is 108 cm³/mol. The van der Waals surface area contributed by atoms with Gasteiger partial charge in [0.1, 0.15) is 5.69 Å². The molecule has 0 atom stereocenters. The zero-order valence-electron chi connectivity index (χ0n) is 17.8. The van der Waals surface area contributed by atoms with Crippen molar-refractivity contribution in [3.8, 4) is 0 Å². The van der Waals surface area contributed by atoms with E-state index in [4.69, 9.17) is 0 Å². The fourth-order valence-electron chi connectivity index (χ4n) is 2.79. The van der Waals surface area contributed by atoms with E-state index in [1.807, 2.05) is 32.9 Å². The normalized spacial score (nSPS) is 12.1. The first-order valence-electron chi connectivity index (χ1n) is 9.27. The van der Waals surface area contributed by atoms with E-state index in [-0.39, 0.29) is 29.2 Å². The quantitative estimate of drug-likeness (QED) is 0.814. The fourth-order valence-corrected chi connectivity index (χ4v) is 2.79. The van der Waals surface area contributed by atoms with Crippen molar-refractivity contribution in [3.63, 3.8) is 0 Å². The van der Waals surface area contributed by atoms with Crippen LogP contribution in [0.1, 0.15) is 75.8 Å². The summed E-state index contributed by atoms with van der Waals surface area (Å²) in [5.41, 5.74) is 3.28. The number of nitrogens with zero attached hydrogens (tertiary/aromatic N) is 3. The molecule has 2 rings (SSSR count). The Bertz CT molecular complexity index is 834. The Labute approximate surface area is 162 Å². The summed E-state index contributed by atoms with van der Waals surface area (Å²) in [7, 11) is 1.74. The average Bonchev–Trinajstić information content (AvgIpc) is 2.93. The molecule has 0 saturated carbocycles. The molecule has 0 bridgehead atoms. The van der Waals surface area contributed by atoms with E-state index < -0.39 is 0 Å². The number of carbonyl (C=O) groups is 2. The van der Waals surface area contributed by atoms with Crippen LogP contribution in [0.5, 0.6) is 0 Å². The lowest BCUT2D eigenvalue weighted by atomic mass is 9.87. The molecule has 2 amide bonds. The summed E-state index contributed by atoms with van der Waals surface area (Å²) < 4.78 is 1.56. The minimum absolute atomic E-state index is 0.0622. The van der Waals surface area contributed by atoms with Gasteiger partial charge in [-0.2, -0.15) is 5.10 Å². The third-order valence-corrected chi connectivity index (χ3v) is 4.65. The SMILES string of the molecule is CC(=O)N(Cc1ccc(C(C)(C)C)cc1)C(=O)c1cc(C(C)(C)C)nn1C. The van der Waals surface area contributed by atoms with Gasteiger partial charge in [0.2, 0.25) is 5.91 Å². The highest BCUT2D eigenvalue weighted by atomic mass is 16.2. The molecule has 0 unspecified atom stereocenters. The number of aromatic nitrogens is 2. The molecule has 0 aliphatic carbocycles. The van der Waals surface area contributed by atoms with Gasteiger partial charge in [-0.05, 0) is 22.6 Å². The van der Waals surface area contributed by atoms with Crippen LogP contribution in [-0.2, 0) is 29.2 Å². The van der Waals surface area contributed by atoms with Crippen molar-refractivity contribution >= 4 is 11.8 Å². The summed E-state index contributed by atoms with van der Waals surface area (Å²) in [4.78, 5) is 26.5. The van der Waals surface area contributed by atoms with Crippen LogP contribution in [-0.4, -0.2) is 26.5 Å². The molecule has 27 heavy (non-hydrogen) atoms. The molecule has 0 fully saturated rings. The second-order valence-corrected chi connectivity index (χ2v) is 9.15. The highest BCUT2D eigenvalue weighted by molar-refractivity contribution is 6.03. The van der Waals surface area contributed by atoms with Gasteiger partial charge >= 0.3 is 0 Å². The van der Waals surface area contributed by atoms with Crippen LogP contribution >= 0.6 is 0 Å². The van der Waals surface area contributed by atoms with Crippen molar-refractivity contribution in [3.05, 3.63) is 52.8 Å². The number of rotatable bonds is 3. The molecule has 5 heteroatoms. The standard InChI is InChI=1S/C22H31N3O2/c1-15(26)25(14-16-9-11-17(12-10-16)21(2,3)4)20(27)18-13-19(22(5,6)7)23-24(18)8/h9-13H,14H2,1-8H3. The Morgan fingerprint density at radius 2 is 1.56 bits per heavy atom. The van der Waals surface area contributed by atoms with Crippen LogP contribution in [0.2, 0.25) is 0 Å². The van der Waals surface area contributed by atoms with Crippen molar-refractivity contribution in [2.75, 3.05) is 0 Å². The number of carbonyl (C=O) groups excluding carboxylic acids is 2. The topological polar surface area (TPSA) is 55.2 Å². The zero-order chi connectivity index (χ0) is 20.6. The molecule has 0 aliphatic heterocycles. The molecular weight excluding hydrogens is 338 g/mol. The Hall–Kier alpha value is -2.43. The largest absolute Gasteiger partial charge is 0.279 e. The number of hydrogen-bond donors (Lipinski definition) is 0. The van der Waals surface area contributed by atoms with Crippen LogP contribution < -0.4 is 0 Å². The second kappa shape index (κ2) is 7.29. The fraction of sp³-hybridized carbons (Fsp3) is 0.500. The highest BCUT2D eigenvalue weighted by Crippen LogP contribution is 2.24. The van der Waals surface area contributed by atoms with E-state index in [2.05, 4.69) is 38.0 Å². The molecule has 1 heterocycles. The molecule has 0 saturated heterocycles. The Morgan fingerprint density at radius 3 is 1.96 bits per heavy atom. The predicted octanol–water partition coefficient (Wildman–Crippen LogP) is 4.20. The summed E-state index contributed by atoms with van der Waals surface area (Å²) in [5, 5.41) is 4.45. The minimum atomic E-state index is -0.326. The number of benzene rings is 1. The van der Waals surface area contributed by atoms with Gasteiger partial charge in [0.15, 0.2) is 0 Å². The first-order valence-corrected chi connectivity index (χ1v) is 9.27. The lowest BCUT2D eigenvalue weighted by Crippen LogP contribution is -2.35. The monoisotopic (exact) mass is 369 g/mol. The van der Waals surface area contributed by atoms with Gasteiger partial charge in [-0.15, -0.1) is 0 Å². The summed E-state index contributed by atoms with van der Waals surface area (Å²) in [6.45, 7) is 14.3. The van der Waals surface area contributed by atoms with E-state index in [9.17, 15) is 9.59 Å². The third kappa shape index (κ3) is 4.85. The number of imide groups is 1. The van der Waals surface area contributed by atoms with E-state index in [1.54, 1.807) is 17.8 Å². The maximum absolute atomic E-state index is 13.0. The molecule has 5 nitrogen and oxygen atoms in total. The highest BCUT2D eigenvalue weighted by Gasteiger charge is 2.27. The third-order valence-electron chi connectivity index (χ3n) is 4.65. The molecular formula is C22H31N3O2. The minimum Gasteiger partial charge on any atom is -0.275 e. The van der Waals surface area contributed by atoms with Crippen molar-refractivity contribution < 1.29 is 9.59 Å². The van der Waals surface area contributed by atoms with E-state index in [0.717, 1.165) is 11.3 Å². The molecule has 0 N–H and O–H groups in total. The molecule has 1 aromatic heterocycles. The first-order chi connectivity index (χ1) is 12.3. The summed E-state index contributed by atoms with van der Waals surface area (Å²) in [6.07, 6.45) is 0. The van der Waals surface area contributed by atoms with Gasteiger partial charge in [-0.25, -0.2) is 0 Å². The molecule has 1 aromatic carbocycles. The van der Waals surface area contributed by atoms with E-state index in [0.29, 0.717) is 5.69 Å². The maximum atomic E-state index is 13.0. The van der Waals surface area contributed by atoms with Crippen LogP contribution in [0.4, 0.5) is 0 Å². The van der Waals surface area contributed by atoms with E-state index >= 15 is 0 Å². The first kappa shape index (κ1) is 20.9. The Balaban J connectivity index is 2.29. The zero-order valence-corrected chi connectivity index (χ0v) is 17.8. The number of hydrogen-bond acceptors (Lipinski definition) is 3. The van der Waals surface area contributed by atoms with Crippen molar-refractivity contribution in [2.24, 2.45) is 7.05 Å². The Kier molecular flexibility index (Phi) is 5.64.